The van der Waals surface area contributed by atoms with Gasteiger partial charge in [0.25, 0.3) is 0 Å². The van der Waals surface area contributed by atoms with Crippen molar-refractivity contribution in [3.63, 3.8) is 0 Å². The van der Waals surface area contributed by atoms with E-state index >= 15 is 0 Å². The van der Waals surface area contributed by atoms with Crippen LogP contribution < -0.4 is 3.53 Å². The Bertz CT molecular complexity index is 172. The molecule has 0 aromatic carbocycles. The highest BCUT2D eigenvalue weighted by atomic mass is 127. The monoisotopic (exact) mass is 313 g/mol. The van der Waals surface area contributed by atoms with Gasteiger partial charge in [0.2, 0.25) is 0 Å². The summed E-state index contributed by atoms with van der Waals surface area (Å²) in [5, 5.41) is 0. The molecule has 0 saturated carbocycles. The highest BCUT2D eigenvalue weighted by molar-refractivity contribution is 14.1. The van der Waals surface area contributed by atoms with Gasteiger partial charge in [-0.05, 0) is 18.3 Å². The molecule has 0 aromatic heterocycles. The minimum absolute atomic E-state index is 0.0484. The third-order valence-electron chi connectivity index (χ3n) is 1.94. The van der Waals surface area contributed by atoms with Crippen molar-refractivity contribution < 1.29 is 9.53 Å². The summed E-state index contributed by atoms with van der Waals surface area (Å²) in [5.41, 5.74) is 0. The van der Waals surface area contributed by atoms with Gasteiger partial charge >= 0.3 is 5.97 Å². The second-order valence-corrected chi connectivity index (χ2v) is 4.98. The van der Waals surface area contributed by atoms with Gasteiger partial charge in [-0.3, -0.25) is 4.79 Å². The molecule has 0 rings (SSSR count). The summed E-state index contributed by atoms with van der Waals surface area (Å²) in [7, 11) is 0. The molecule has 0 fully saturated rings. The average Bonchev–Trinajstić information content (AvgIpc) is 2.02. The zero-order valence-corrected chi connectivity index (χ0v) is 11.5. The molecule has 1 N–H and O–H groups in total. The van der Waals surface area contributed by atoms with E-state index in [9.17, 15) is 4.79 Å². The predicted octanol–water partition coefficient (Wildman–Crippen LogP) is 2.54. The Morgan fingerprint density at radius 3 is 2.29 bits per heavy atom. The van der Waals surface area contributed by atoms with Gasteiger partial charge in [-0.15, -0.1) is 0 Å². The molecule has 1 unspecified atom stereocenters. The van der Waals surface area contributed by atoms with Crippen LogP contribution in [0.4, 0.5) is 0 Å². The number of hydrogen-bond donors (Lipinski definition) is 1. The fourth-order valence-electron chi connectivity index (χ4n) is 1.19. The summed E-state index contributed by atoms with van der Waals surface area (Å²) < 4.78 is 8.12. The quantitative estimate of drug-likeness (QED) is 0.465. The summed E-state index contributed by atoms with van der Waals surface area (Å²) in [5.74, 6) is 0.775. The van der Waals surface area contributed by atoms with Crippen LogP contribution in [0.2, 0.25) is 0 Å². The van der Waals surface area contributed by atoms with E-state index in [2.05, 4.69) is 31.2 Å². The number of rotatable bonds is 6. The van der Waals surface area contributed by atoms with Crippen molar-refractivity contribution in [1.29, 1.82) is 0 Å². The molecular weight excluding hydrogens is 293 g/mol. The van der Waals surface area contributed by atoms with Crippen LogP contribution in [-0.2, 0) is 9.53 Å². The molecule has 0 aliphatic heterocycles. The maximum absolute atomic E-state index is 11.2. The van der Waals surface area contributed by atoms with Crippen LogP contribution in [-0.4, -0.2) is 18.6 Å². The largest absolute Gasteiger partial charge is 0.461 e. The molecule has 84 valence electrons. The minimum atomic E-state index is -0.168. The van der Waals surface area contributed by atoms with E-state index < -0.39 is 0 Å². The standard InChI is InChI=1S/C10H20INO2/c1-7(2)5-9(8(3)4)14-10(13)6-12-11/h7-9,12H,5-6H2,1-4H3. The van der Waals surface area contributed by atoms with Gasteiger partial charge in [-0.1, -0.05) is 27.7 Å². The average molecular weight is 313 g/mol. The van der Waals surface area contributed by atoms with Gasteiger partial charge in [0.15, 0.2) is 0 Å². The van der Waals surface area contributed by atoms with Gasteiger partial charge in [-0.25, -0.2) is 3.53 Å². The lowest BCUT2D eigenvalue weighted by atomic mass is 9.97. The minimum Gasteiger partial charge on any atom is -0.461 e. The number of halogens is 1. The van der Waals surface area contributed by atoms with Crippen LogP contribution in [0.1, 0.15) is 34.1 Å². The van der Waals surface area contributed by atoms with Gasteiger partial charge < -0.3 is 4.74 Å². The second-order valence-electron chi connectivity index (χ2n) is 4.21. The fourth-order valence-corrected chi connectivity index (χ4v) is 1.50. The maximum Gasteiger partial charge on any atom is 0.320 e. The van der Waals surface area contributed by atoms with Crippen LogP contribution in [0.3, 0.4) is 0 Å². The number of nitrogens with one attached hydrogen (secondary N) is 1. The maximum atomic E-state index is 11.2. The zero-order valence-electron chi connectivity index (χ0n) is 9.34. The van der Waals surface area contributed by atoms with E-state index in [4.69, 9.17) is 4.74 Å². The van der Waals surface area contributed by atoms with Crippen LogP contribution in [0, 0.1) is 11.8 Å². The predicted molar refractivity (Wildman–Crippen MR) is 66.2 cm³/mol. The van der Waals surface area contributed by atoms with Crippen LogP contribution in [0.5, 0.6) is 0 Å². The number of carbonyl (C=O) groups excluding carboxylic acids is 1. The number of hydrogen-bond acceptors (Lipinski definition) is 3. The number of ether oxygens (including phenoxy) is 1. The normalized spacial score (nSPS) is 13.4. The topological polar surface area (TPSA) is 38.3 Å². The van der Waals surface area contributed by atoms with Crippen molar-refractivity contribution in [2.45, 2.75) is 40.2 Å². The van der Waals surface area contributed by atoms with E-state index in [0.717, 1.165) is 6.42 Å². The SMILES string of the molecule is CC(C)CC(OC(=O)CNI)C(C)C. The molecular formula is C10H20INO2. The van der Waals surface area contributed by atoms with Crippen LogP contribution >= 0.6 is 22.9 Å². The van der Waals surface area contributed by atoms with Crippen molar-refractivity contribution in [2.24, 2.45) is 11.8 Å². The van der Waals surface area contributed by atoms with E-state index in [-0.39, 0.29) is 18.6 Å². The molecule has 0 aromatic rings. The summed E-state index contributed by atoms with van der Waals surface area (Å²) in [4.78, 5) is 11.2. The lowest BCUT2D eigenvalue weighted by Gasteiger charge is -2.22. The molecule has 0 radical (unpaired) electrons. The molecule has 0 amide bonds. The Morgan fingerprint density at radius 1 is 1.36 bits per heavy atom. The van der Waals surface area contributed by atoms with Crippen molar-refractivity contribution >= 4 is 28.8 Å². The lowest BCUT2D eigenvalue weighted by molar-refractivity contribution is -0.150. The third kappa shape index (κ3) is 6.59. The summed E-state index contributed by atoms with van der Waals surface area (Å²) in [6.45, 7) is 8.72. The molecule has 0 aliphatic rings. The molecule has 3 nitrogen and oxygen atoms in total. The van der Waals surface area contributed by atoms with Crippen LogP contribution in [0.25, 0.3) is 0 Å². The first-order valence-electron chi connectivity index (χ1n) is 5.00. The van der Waals surface area contributed by atoms with Crippen LogP contribution in [0.15, 0.2) is 0 Å². The molecule has 1 atom stereocenters. The highest BCUT2D eigenvalue weighted by Crippen LogP contribution is 2.16. The molecule has 4 heteroatoms. The molecule has 0 spiro atoms. The highest BCUT2D eigenvalue weighted by Gasteiger charge is 2.19. The summed E-state index contributed by atoms with van der Waals surface area (Å²) >= 11 is 1.94. The van der Waals surface area contributed by atoms with E-state index in [1.807, 2.05) is 22.9 Å². The first-order valence-corrected chi connectivity index (χ1v) is 6.08. The van der Waals surface area contributed by atoms with E-state index in [1.165, 1.54) is 0 Å². The smallest absolute Gasteiger partial charge is 0.320 e. The lowest BCUT2D eigenvalue weighted by Crippen LogP contribution is -2.28. The fraction of sp³-hybridized carbons (Fsp3) is 0.900. The van der Waals surface area contributed by atoms with E-state index in [1.54, 1.807) is 0 Å². The molecule has 0 heterocycles. The molecule has 0 saturated heterocycles. The van der Waals surface area contributed by atoms with Gasteiger partial charge in [0.1, 0.15) is 12.6 Å². The zero-order chi connectivity index (χ0) is 11.1. The first-order chi connectivity index (χ1) is 6.47. The third-order valence-corrected chi connectivity index (χ3v) is 2.32. The summed E-state index contributed by atoms with van der Waals surface area (Å²) in [6.07, 6.45) is 0.984. The van der Waals surface area contributed by atoms with Crippen molar-refractivity contribution in [2.75, 3.05) is 6.54 Å². The number of carbonyl (C=O) groups is 1. The number of esters is 1. The Balaban J connectivity index is 4.02. The Labute approximate surface area is 100 Å². The van der Waals surface area contributed by atoms with Gasteiger partial charge in [0, 0.05) is 22.9 Å². The molecule has 0 bridgehead atoms. The second kappa shape index (κ2) is 7.45. The molecule has 14 heavy (non-hydrogen) atoms. The summed E-state index contributed by atoms with van der Waals surface area (Å²) in [6, 6.07) is 0. The van der Waals surface area contributed by atoms with Crippen molar-refractivity contribution in [3.8, 4) is 0 Å². The van der Waals surface area contributed by atoms with Gasteiger partial charge in [0.05, 0.1) is 0 Å². The molecule has 0 aliphatic carbocycles. The first kappa shape index (κ1) is 14.2. The van der Waals surface area contributed by atoms with Gasteiger partial charge in [-0.2, -0.15) is 0 Å². The Hall–Kier alpha value is 0.160. The van der Waals surface area contributed by atoms with Crippen molar-refractivity contribution in [3.05, 3.63) is 0 Å². The Kier molecular flexibility index (Phi) is 7.54. The van der Waals surface area contributed by atoms with E-state index in [0.29, 0.717) is 11.8 Å². The van der Waals surface area contributed by atoms with Crippen molar-refractivity contribution in [1.82, 2.24) is 3.53 Å². The Morgan fingerprint density at radius 2 is 1.93 bits per heavy atom.